The topological polar surface area (TPSA) is 87.7 Å². The van der Waals surface area contributed by atoms with E-state index in [9.17, 15) is 14.4 Å². The van der Waals surface area contributed by atoms with Crippen LogP contribution in [0.25, 0.3) is 0 Å². The molecule has 9 heteroatoms. The molecule has 7 nitrogen and oxygen atoms in total. The van der Waals surface area contributed by atoms with Gasteiger partial charge in [-0.15, -0.1) is 12.4 Å². The van der Waals surface area contributed by atoms with Gasteiger partial charge in [0.2, 0.25) is 11.8 Å². The molecule has 2 N–H and O–H groups in total. The van der Waals surface area contributed by atoms with Crippen LogP contribution in [0.4, 0.5) is 0 Å². The zero-order valence-corrected chi connectivity index (χ0v) is 17.6. The molecule has 0 bridgehead atoms. The SMILES string of the molecule is Cl.O=C1CCC(N2Cc3c(OCc4ccc(CNCl)cc4)cccc3C2=O)C(=O)N1. The van der Waals surface area contributed by atoms with Gasteiger partial charge in [-0.3, -0.25) is 19.7 Å². The lowest BCUT2D eigenvalue weighted by atomic mass is 10.0. The molecule has 2 aliphatic heterocycles. The zero-order chi connectivity index (χ0) is 20.4. The molecule has 0 radical (unpaired) electrons. The van der Waals surface area contributed by atoms with E-state index in [1.807, 2.05) is 30.3 Å². The van der Waals surface area contributed by atoms with Gasteiger partial charge in [-0.1, -0.05) is 30.3 Å². The maximum atomic E-state index is 12.8. The third kappa shape index (κ3) is 4.43. The molecule has 0 aromatic heterocycles. The molecule has 2 heterocycles. The third-order valence-corrected chi connectivity index (χ3v) is 5.36. The molecule has 1 unspecified atom stereocenters. The van der Waals surface area contributed by atoms with Gasteiger partial charge >= 0.3 is 0 Å². The first-order valence-corrected chi connectivity index (χ1v) is 9.75. The number of nitrogens with zero attached hydrogens (tertiary/aromatic N) is 1. The van der Waals surface area contributed by atoms with Crippen LogP contribution in [-0.2, 0) is 29.3 Å². The normalized spacial score (nSPS) is 18.0. The number of amides is 3. The molecular formula is C21H21Cl2N3O4. The van der Waals surface area contributed by atoms with Crippen molar-refractivity contribution < 1.29 is 19.1 Å². The van der Waals surface area contributed by atoms with E-state index in [4.69, 9.17) is 16.5 Å². The number of carbonyl (C=O) groups excluding carboxylic acids is 3. The predicted molar refractivity (Wildman–Crippen MR) is 113 cm³/mol. The molecular weight excluding hydrogens is 429 g/mol. The van der Waals surface area contributed by atoms with Crippen LogP contribution < -0.4 is 14.9 Å². The molecule has 0 saturated carbocycles. The summed E-state index contributed by atoms with van der Waals surface area (Å²) in [7, 11) is 0. The van der Waals surface area contributed by atoms with Crippen LogP contribution in [0.15, 0.2) is 42.5 Å². The molecule has 1 saturated heterocycles. The fourth-order valence-corrected chi connectivity index (χ4v) is 3.84. The minimum absolute atomic E-state index is 0. The van der Waals surface area contributed by atoms with Crippen molar-refractivity contribution in [3.8, 4) is 5.75 Å². The van der Waals surface area contributed by atoms with Crippen LogP contribution >= 0.6 is 24.2 Å². The third-order valence-electron chi connectivity index (χ3n) is 5.23. The molecule has 2 aromatic carbocycles. The number of halogens is 2. The number of piperidine rings is 1. The summed E-state index contributed by atoms with van der Waals surface area (Å²) in [5, 5.41) is 2.31. The van der Waals surface area contributed by atoms with E-state index in [0.717, 1.165) is 16.7 Å². The number of nitrogens with one attached hydrogen (secondary N) is 2. The maximum Gasteiger partial charge on any atom is 0.255 e. The number of carbonyl (C=O) groups is 3. The van der Waals surface area contributed by atoms with Gasteiger partial charge in [0, 0.05) is 24.1 Å². The minimum Gasteiger partial charge on any atom is -0.489 e. The van der Waals surface area contributed by atoms with Crippen molar-refractivity contribution in [3.05, 3.63) is 64.7 Å². The summed E-state index contributed by atoms with van der Waals surface area (Å²) < 4.78 is 5.99. The van der Waals surface area contributed by atoms with Crippen molar-refractivity contribution in [1.29, 1.82) is 0 Å². The van der Waals surface area contributed by atoms with Crippen molar-refractivity contribution in [1.82, 2.24) is 15.1 Å². The van der Waals surface area contributed by atoms with E-state index in [1.54, 1.807) is 12.1 Å². The minimum atomic E-state index is -0.636. The number of imide groups is 1. The predicted octanol–water partition coefficient (Wildman–Crippen LogP) is 2.69. The summed E-state index contributed by atoms with van der Waals surface area (Å²) in [6.45, 7) is 1.22. The average Bonchev–Trinajstić information content (AvgIpc) is 3.05. The van der Waals surface area contributed by atoms with Gasteiger partial charge in [0.1, 0.15) is 18.4 Å². The first-order valence-electron chi connectivity index (χ1n) is 9.37. The standard InChI is InChI=1S/C21H20ClN3O4.ClH/c22-23-10-13-4-6-14(7-5-13)12-29-18-3-1-2-15-16(18)11-25(21(15)28)17-8-9-19(26)24-20(17)27;/h1-7,17,23H,8-12H2,(H,24,26,27);1H. The van der Waals surface area contributed by atoms with Crippen LogP contribution in [0, 0.1) is 0 Å². The van der Waals surface area contributed by atoms with E-state index in [1.165, 1.54) is 4.90 Å². The van der Waals surface area contributed by atoms with Gasteiger partial charge in [-0.05, 0) is 41.5 Å². The van der Waals surface area contributed by atoms with E-state index < -0.39 is 11.9 Å². The molecule has 2 aromatic rings. The second kappa shape index (κ2) is 9.47. The second-order valence-electron chi connectivity index (χ2n) is 7.10. The van der Waals surface area contributed by atoms with E-state index >= 15 is 0 Å². The monoisotopic (exact) mass is 449 g/mol. The summed E-state index contributed by atoms with van der Waals surface area (Å²) in [4.78, 5) is 40.5. The lowest BCUT2D eigenvalue weighted by Crippen LogP contribution is -2.52. The van der Waals surface area contributed by atoms with Gasteiger partial charge < -0.3 is 9.64 Å². The highest BCUT2D eigenvalue weighted by Gasteiger charge is 2.40. The molecule has 1 atom stereocenters. The van der Waals surface area contributed by atoms with E-state index in [2.05, 4.69) is 10.2 Å². The Morgan fingerprint density at radius 3 is 2.53 bits per heavy atom. The van der Waals surface area contributed by atoms with Crippen LogP contribution in [-0.4, -0.2) is 28.7 Å². The molecule has 1 fully saturated rings. The van der Waals surface area contributed by atoms with E-state index in [-0.39, 0.29) is 37.2 Å². The first-order chi connectivity index (χ1) is 14.1. The number of benzene rings is 2. The summed E-state index contributed by atoms with van der Waals surface area (Å²) in [6, 6.07) is 12.6. The zero-order valence-electron chi connectivity index (χ0n) is 16.0. The Bertz CT molecular complexity index is 965. The van der Waals surface area contributed by atoms with Crippen LogP contribution in [0.3, 0.4) is 0 Å². The highest BCUT2D eigenvalue weighted by atomic mass is 35.5. The Balaban J connectivity index is 0.00000256. The van der Waals surface area contributed by atoms with Crippen molar-refractivity contribution in [2.75, 3.05) is 0 Å². The maximum absolute atomic E-state index is 12.8. The quantitative estimate of drug-likeness (QED) is 0.522. The first kappa shape index (κ1) is 22.1. The number of hydrogen-bond donors (Lipinski definition) is 2. The fraction of sp³-hybridized carbons (Fsp3) is 0.286. The van der Waals surface area contributed by atoms with Gasteiger partial charge in [0.05, 0.1) is 6.54 Å². The van der Waals surface area contributed by atoms with Crippen molar-refractivity contribution in [2.45, 2.75) is 38.6 Å². The highest BCUT2D eigenvalue weighted by Crippen LogP contribution is 2.33. The number of fused-ring (bicyclic) bond motifs is 1. The number of hydrogen-bond acceptors (Lipinski definition) is 5. The Labute approximate surface area is 185 Å². The van der Waals surface area contributed by atoms with Crippen molar-refractivity contribution in [3.63, 3.8) is 0 Å². The van der Waals surface area contributed by atoms with E-state index in [0.29, 0.717) is 30.9 Å². The molecule has 4 rings (SSSR count). The van der Waals surface area contributed by atoms with Gasteiger partial charge in [0.15, 0.2) is 0 Å². The van der Waals surface area contributed by atoms with Crippen molar-refractivity contribution >= 4 is 41.9 Å². The Hall–Kier alpha value is -2.61. The Morgan fingerprint density at radius 2 is 1.83 bits per heavy atom. The van der Waals surface area contributed by atoms with Gasteiger partial charge in [-0.2, -0.15) is 0 Å². The summed E-state index contributed by atoms with van der Waals surface area (Å²) >= 11 is 5.52. The summed E-state index contributed by atoms with van der Waals surface area (Å²) in [5.74, 6) is -0.307. The van der Waals surface area contributed by atoms with Crippen LogP contribution in [0.5, 0.6) is 5.75 Å². The number of rotatable bonds is 6. The summed E-state index contributed by atoms with van der Waals surface area (Å²) in [5.41, 5.74) is 3.36. The highest BCUT2D eigenvalue weighted by molar-refractivity contribution is 6.13. The molecule has 158 valence electrons. The fourth-order valence-electron chi connectivity index (χ4n) is 3.68. The lowest BCUT2D eigenvalue weighted by molar-refractivity contribution is -0.136. The molecule has 0 spiro atoms. The largest absolute Gasteiger partial charge is 0.489 e. The Morgan fingerprint density at radius 1 is 1.10 bits per heavy atom. The second-order valence-corrected chi connectivity index (χ2v) is 7.37. The number of ether oxygens (including phenoxy) is 1. The Kier molecular flexibility index (Phi) is 6.97. The van der Waals surface area contributed by atoms with Crippen LogP contribution in [0.2, 0.25) is 0 Å². The molecule has 30 heavy (non-hydrogen) atoms. The lowest BCUT2D eigenvalue weighted by Gasteiger charge is -2.29. The van der Waals surface area contributed by atoms with Crippen molar-refractivity contribution in [2.24, 2.45) is 0 Å². The van der Waals surface area contributed by atoms with Gasteiger partial charge in [0.25, 0.3) is 5.91 Å². The van der Waals surface area contributed by atoms with Gasteiger partial charge in [-0.25, -0.2) is 4.84 Å². The molecule has 2 aliphatic rings. The summed E-state index contributed by atoms with van der Waals surface area (Å²) in [6.07, 6.45) is 0.569. The van der Waals surface area contributed by atoms with Crippen LogP contribution in [0.1, 0.15) is 39.9 Å². The molecule has 0 aliphatic carbocycles. The molecule has 3 amide bonds. The smallest absolute Gasteiger partial charge is 0.255 e. The average molecular weight is 450 g/mol.